The number of aliphatic carboxylic acids is 4. The number of rotatable bonds is 8. The van der Waals surface area contributed by atoms with Crippen molar-refractivity contribution >= 4 is 23.9 Å². The monoisotopic (exact) mass is 375 g/mol. The summed E-state index contributed by atoms with van der Waals surface area (Å²) in [6.45, 7) is 5.92. The van der Waals surface area contributed by atoms with Crippen molar-refractivity contribution in [3.63, 3.8) is 0 Å². The molecule has 0 aliphatic heterocycles. The summed E-state index contributed by atoms with van der Waals surface area (Å²) < 4.78 is 0. The molecular weight excluding hydrogens is 355 g/mol. The standard InChI is InChI=1S/2C7H12O4.Co/c2*1-3-7(4-2,5(8)9)6(10)11;/h2*3-4H2,1-2H3,(H,8,9)(H,10,11);/p-4. The molecule has 0 bridgehead atoms. The van der Waals surface area contributed by atoms with Crippen molar-refractivity contribution in [1.29, 1.82) is 0 Å². The molecular formula is C14H20CoO8-4. The van der Waals surface area contributed by atoms with Gasteiger partial charge >= 0.3 is 0 Å². The van der Waals surface area contributed by atoms with Crippen LogP contribution in [0.1, 0.15) is 53.4 Å². The molecule has 1 radical (unpaired) electrons. The molecule has 0 N–H and O–H groups in total. The second kappa shape index (κ2) is 11.0. The zero-order valence-corrected chi connectivity index (χ0v) is 14.5. The second-order valence-corrected chi connectivity index (χ2v) is 4.73. The number of carboxylic acid groups (broad SMARTS) is 4. The molecule has 9 heteroatoms. The third-order valence-electron chi connectivity index (χ3n) is 3.98. The van der Waals surface area contributed by atoms with Crippen molar-refractivity contribution in [1.82, 2.24) is 0 Å². The molecule has 0 atom stereocenters. The molecule has 0 saturated heterocycles. The molecule has 137 valence electrons. The summed E-state index contributed by atoms with van der Waals surface area (Å²) in [5.74, 6) is -6.27. The average molecular weight is 375 g/mol. The summed E-state index contributed by atoms with van der Waals surface area (Å²) in [6, 6.07) is 0. The van der Waals surface area contributed by atoms with Gasteiger partial charge in [-0.05, 0) is 25.7 Å². The number of carbonyl (C=O) groups excluding carboxylic acids is 4. The molecule has 0 saturated carbocycles. The number of carbonyl (C=O) groups is 4. The minimum Gasteiger partial charge on any atom is -0.549 e. The number of carboxylic acids is 4. The van der Waals surface area contributed by atoms with Crippen molar-refractivity contribution in [2.75, 3.05) is 0 Å². The molecule has 0 heterocycles. The van der Waals surface area contributed by atoms with Crippen LogP contribution in [0.4, 0.5) is 0 Å². The first-order valence-electron chi connectivity index (χ1n) is 6.88. The molecule has 0 unspecified atom stereocenters. The van der Waals surface area contributed by atoms with Gasteiger partial charge < -0.3 is 39.6 Å². The van der Waals surface area contributed by atoms with E-state index >= 15 is 0 Å². The summed E-state index contributed by atoms with van der Waals surface area (Å²) in [5.41, 5.74) is -3.61. The van der Waals surface area contributed by atoms with Crippen LogP contribution in [0.2, 0.25) is 0 Å². The molecule has 0 amide bonds. The second-order valence-electron chi connectivity index (χ2n) is 4.73. The van der Waals surface area contributed by atoms with Gasteiger partial charge in [-0.15, -0.1) is 0 Å². The van der Waals surface area contributed by atoms with E-state index in [4.69, 9.17) is 0 Å². The van der Waals surface area contributed by atoms with Crippen molar-refractivity contribution in [3.05, 3.63) is 0 Å². The fourth-order valence-electron chi connectivity index (χ4n) is 1.82. The number of hydrogen-bond acceptors (Lipinski definition) is 8. The summed E-state index contributed by atoms with van der Waals surface area (Å²) in [7, 11) is 0. The first-order chi connectivity index (χ1) is 10.0. The maximum Gasteiger partial charge on any atom is 0.0532 e. The van der Waals surface area contributed by atoms with Gasteiger partial charge in [0.2, 0.25) is 0 Å². The van der Waals surface area contributed by atoms with Crippen LogP contribution in [-0.2, 0) is 36.0 Å². The van der Waals surface area contributed by atoms with Gasteiger partial charge in [0.05, 0.1) is 23.9 Å². The third kappa shape index (κ3) is 5.83. The van der Waals surface area contributed by atoms with E-state index in [2.05, 4.69) is 0 Å². The normalized spacial score (nSPS) is 10.6. The fraction of sp³-hybridized carbons (Fsp3) is 0.714. The van der Waals surface area contributed by atoms with Crippen LogP contribution in [0, 0.1) is 10.8 Å². The summed E-state index contributed by atoms with van der Waals surface area (Å²) >= 11 is 0. The maximum absolute atomic E-state index is 10.4. The van der Waals surface area contributed by atoms with E-state index in [9.17, 15) is 39.6 Å². The Hall–Kier alpha value is -1.61. The Morgan fingerprint density at radius 1 is 0.565 bits per heavy atom. The molecule has 0 rings (SSSR count). The topological polar surface area (TPSA) is 161 Å². The molecule has 0 aromatic rings. The van der Waals surface area contributed by atoms with Crippen LogP contribution >= 0.6 is 0 Å². The number of hydrogen-bond donors (Lipinski definition) is 0. The van der Waals surface area contributed by atoms with Crippen LogP contribution < -0.4 is 20.4 Å². The van der Waals surface area contributed by atoms with E-state index in [1.165, 1.54) is 27.7 Å². The van der Waals surface area contributed by atoms with Gasteiger partial charge in [-0.1, -0.05) is 27.7 Å². The van der Waals surface area contributed by atoms with Crippen LogP contribution in [0.25, 0.3) is 0 Å². The largest absolute Gasteiger partial charge is 0.549 e. The Kier molecular flexibility index (Phi) is 12.6. The SMILES string of the molecule is CCC(CC)(C(=O)[O-])C(=O)[O-].CCC(CC)(C(=O)[O-])C(=O)[O-].[Co]. The smallest absolute Gasteiger partial charge is 0.0532 e. The van der Waals surface area contributed by atoms with Gasteiger partial charge in [0, 0.05) is 27.6 Å². The third-order valence-corrected chi connectivity index (χ3v) is 3.98. The Labute approximate surface area is 145 Å². The van der Waals surface area contributed by atoms with Gasteiger partial charge in [-0.3, -0.25) is 0 Å². The summed E-state index contributed by atoms with van der Waals surface area (Å²) in [5, 5.41) is 41.6. The fourth-order valence-corrected chi connectivity index (χ4v) is 1.82. The quantitative estimate of drug-likeness (QED) is 0.396. The Balaban J connectivity index is -0.000000333. The molecule has 0 fully saturated rings. The molecule has 0 spiro atoms. The van der Waals surface area contributed by atoms with Gasteiger partial charge in [-0.25, -0.2) is 0 Å². The zero-order valence-electron chi connectivity index (χ0n) is 13.4. The van der Waals surface area contributed by atoms with E-state index in [-0.39, 0.29) is 42.5 Å². The van der Waals surface area contributed by atoms with Crippen LogP contribution in [0.3, 0.4) is 0 Å². The predicted octanol–water partition coefficient (Wildman–Crippen LogP) is -3.42. The van der Waals surface area contributed by atoms with E-state index in [0.717, 1.165) is 0 Å². The van der Waals surface area contributed by atoms with Crippen molar-refractivity contribution < 1.29 is 56.4 Å². The Bertz CT molecular complexity index is 352. The van der Waals surface area contributed by atoms with E-state index in [1.807, 2.05) is 0 Å². The van der Waals surface area contributed by atoms with E-state index < -0.39 is 34.7 Å². The van der Waals surface area contributed by atoms with Gasteiger partial charge in [0.15, 0.2) is 0 Å². The van der Waals surface area contributed by atoms with Crippen molar-refractivity contribution in [2.24, 2.45) is 10.8 Å². The average Bonchev–Trinajstić information content (AvgIpc) is 2.41. The van der Waals surface area contributed by atoms with Gasteiger partial charge in [0.25, 0.3) is 0 Å². The molecule has 0 aliphatic carbocycles. The Morgan fingerprint density at radius 2 is 0.696 bits per heavy atom. The predicted molar refractivity (Wildman–Crippen MR) is 66.1 cm³/mol. The first-order valence-corrected chi connectivity index (χ1v) is 6.88. The maximum atomic E-state index is 10.4. The van der Waals surface area contributed by atoms with Crippen LogP contribution in [-0.4, -0.2) is 23.9 Å². The molecule has 23 heavy (non-hydrogen) atoms. The Morgan fingerprint density at radius 3 is 0.696 bits per heavy atom. The molecule has 0 aliphatic rings. The van der Waals surface area contributed by atoms with Crippen LogP contribution in [0.5, 0.6) is 0 Å². The minimum atomic E-state index is -1.81. The zero-order chi connectivity index (χ0) is 18.1. The molecule has 8 nitrogen and oxygen atoms in total. The minimum absolute atomic E-state index is 0. The van der Waals surface area contributed by atoms with E-state index in [1.54, 1.807) is 0 Å². The van der Waals surface area contributed by atoms with E-state index in [0.29, 0.717) is 0 Å². The van der Waals surface area contributed by atoms with Gasteiger partial charge in [0.1, 0.15) is 0 Å². The van der Waals surface area contributed by atoms with Gasteiger partial charge in [-0.2, -0.15) is 0 Å². The molecule has 0 aromatic carbocycles. The van der Waals surface area contributed by atoms with Crippen LogP contribution in [0.15, 0.2) is 0 Å². The molecule has 0 aromatic heterocycles. The summed E-state index contributed by atoms with van der Waals surface area (Å²) in [6.07, 6.45) is -0.0231. The first kappa shape index (κ1) is 26.3. The van der Waals surface area contributed by atoms with Crippen molar-refractivity contribution in [2.45, 2.75) is 53.4 Å². The van der Waals surface area contributed by atoms with Crippen molar-refractivity contribution in [3.8, 4) is 0 Å². The summed E-state index contributed by atoms with van der Waals surface area (Å²) in [4.78, 5) is 41.6.